The lowest BCUT2D eigenvalue weighted by Gasteiger charge is -2.36. The fourth-order valence-electron chi connectivity index (χ4n) is 8.89. The van der Waals surface area contributed by atoms with Crippen molar-refractivity contribution in [2.24, 2.45) is 4.99 Å². The summed E-state index contributed by atoms with van der Waals surface area (Å²) in [7, 11) is 7.75. The molecular formula is C58H55F6N11O17. The van der Waals surface area contributed by atoms with Crippen LogP contribution >= 0.6 is 0 Å². The lowest BCUT2D eigenvalue weighted by atomic mass is 9.91. The Hall–Kier alpha value is -11.2. The number of halogens is 6. The number of carbonyl (C=O) groups is 8. The summed E-state index contributed by atoms with van der Waals surface area (Å²) in [4.78, 5) is 124. The largest absolute Gasteiger partial charge is 0.468 e. The molecule has 34 heteroatoms. The second-order valence-electron chi connectivity index (χ2n) is 18.6. The van der Waals surface area contributed by atoms with Gasteiger partial charge >= 0.3 is 48.2 Å². The van der Waals surface area contributed by atoms with Gasteiger partial charge in [-0.05, 0) is 72.1 Å². The van der Waals surface area contributed by atoms with Crippen molar-refractivity contribution in [3.05, 3.63) is 197 Å². The minimum Gasteiger partial charge on any atom is -0.468 e. The SMILES string of the molecule is CNC(=O)N1C(=O)NC(COC)=C(C(C)=O)C1c1ccc(F)c(F)c1.[C-]#[N+]CCOC(=O)C1=C(COC)N=C(OC)N(C(=O)Oc2ccc([N+](=O)[O-])cc2)C1c1ccc(F)c(F)c1.[C-]#[N+]CCOC(=O)C1=C(COC)NC(=O)N(C(=O)NC)C1c1ccc(F)c(F)c1. The van der Waals surface area contributed by atoms with Crippen LogP contribution in [0.15, 0.2) is 118 Å². The molecule has 4 aromatic rings. The highest BCUT2D eigenvalue weighted by Crippen LogP contribution is 2.40. The van der Waals surface area contributed by atoms with Crippen molar-refractivity contribution >= 4 is 59.6 Å². The topological polar surface area (TPSA) is 323 Å². The Morgan fingerprint density at radius 3 is 1.37 bits per heavy atom. The third kappa shape index (κ3) is 17.1. The Balaban J connectivity index is 0.000000257. The number of aliphatic imine (C=N–C) groups is 1. The summed E-state index contributed by atoms with van der Waals surface area (Å²) in [5, 5.41) is 20.3. The normalized spacial score (nSPS) is 16.0. The minimum atomic E-state index is -1.49. The highest BCUT2D eigenvalue weighted by atomic mass is 19.2. The standard InChI is InChI=1S/C24H20F2N4O8.C18H18F2N4O5.C16H17F2N3O4/c1-27-10-11-37-22(31)20-19(13-35-2)28-23(36-3)29(21(20)14-4-9-17(25)18(26)12-14)24(32)38-16-7-5-15(6-8-16)30(33)34;1-21-6-7-29-16(25)14-13(9-28-3)23-18(27)24(17(26)22-2)15(14)10-4-5-11(19)12(20)8-10;1-8(22)13-12(7-25-3)20-16(24)21(15(23)19-2)14(13)9-4-5-10(17)11(18)6-9/h4-9,12,21H,10-11,13H2,2-3H3;4-5,8,15H,6-7,9H2,2-3H3,(H,22,26)(H,23,27);4-6,14H,7H2,1-3H3,(H,19,23)(H,20,24). The number of ether oxygens (including phenoxy) is 7. The van der Waals surface area contributed by atoms with E-state index in [0.29, 0.717) is 4.90 Å². The molecular weight excluding hydrogens is 1240 g/mol. The Kier molecular flexibility index (Phi) is 26.0. The zero-order chi connectivity index (χ0) is 68.1. The number of nitrogens with one attached hydrogen (secondary N) is 4. The number of amidine groups is 1. The second-order valence-corrected chi connectivity index (χ2v) is 18.6. The summed E-state index contributed by atoms with van der Waals surface area (Å²) < 4.78 is 118. The first-order chi connectivity index (χ1) is 43.9. The molecule has 3 aliphatic heterocycles. The number of non-ortho nitro benzene ring substituents is 1. The lowest BCUT2D eigenvalue weighted by molar-refractivity contribution is -0.384. The van der Waals surface area contributed by atoms with Gasteiger partial charge in [0.05, 0.1) is 66.1 Å². The van der Waals surface area contributed by atoms with Crippen LogP contribution in [-0.4, -0.2) is 162 Å². The Morgan fingerprint density at radius 1 is 0.598 bits per heavy atom. The molecule has 0 saturated heterocycles. The molecule has 7 rings (SSSR count). The van der Waals surface area contributed by atoms with Gasteiger partial charge in [0, 0.05) is 53.1 Å². The van der Waals surface area contributed by atoms with Gasteiger partial charge in [0.15, 0.2) is 53.9 Å². The summed E-state index contributed by atoms with van der Waals surface area (Å²) >= 11 is 0. The highest BCUT2D eigenvalue weighted by molar-refractivity contribution is 6.04. The van der Waals surface area contributed by atoms with E-state index in [1.807, 2.05) is 0 Å². The van der Waals surface area contributed by atoms with Gasteiger partial charge in [-0.1, -0.05) is 18.2 Å². The van der Waals surface area contributed by atoms with Crippen LogP contribution in [0.5, 0.6) is 5.75 Å². The van der Waals surface area contributed by atoms with Crippen molar-refractivity contribution in [2.45, 2.75) is 25.0 Å². The van der Waals surface area contributed by atoms with Gasteiger partial charge in [0.2, 0.25) is 13.1 Å². The molecule has 0 fully saturated rings. The van der Waals surface area contributed by atoms with Crippen molar-refractivity contribution < 1.29 is 103 Å². The van der Waals surface area contributed by atoms with Gasteiger partial charge in [-0.2, -0.15) is 4.99 Å². The molecule has 28 nitrogen and oxygen atoms in total. The van der Waals surface area contributed by atoms with E-state index < -0.39 is 106 Å². The van der Waals surface area contributed by atoms with Gasteiger partial charge < -0.3 is 64.1 Å². The number of hydrogen-bond acceptors (Lipinski definition) is 18. The van der Waals surface area contributed by atoms with Gasteiger partial charge in [-0.3, -0.25) is 14.9 Å². The number of nitrogens with zero attached hydrogens (tertiary/aromatic N) is 7. The first kappa shape index (κ1) is 71.5. The number of Topliss-reactive ketones (excluding diaryl/α,β-unsaturated/α-hetero) is 1. The molecule has 3 atom stereocenters. The van der Waals surface area contributed by atoms with E-state index in [1.54, 1.807) is 0 Å². The molecule has 3 heterocycles. The number of methoxy groups -OCH3 is 4. The number of rotatable bonds is 18. The smallest absolute Gasteiger partial charge is 0.424 e. The van der Waals surface area contributed by atoms with Crippen molar-refractivity contribution in [3.8, 4) is 5.75 Å². The van der Waals surface area contributed by atoms with Crippen LogP contribution < -0.4 is 26.0 Å². The predicted octanol–water partition coefficient (Wildman–Crippen LogP) is 7.39. The summed E-state index contributed by atoms with van der Waals surface area (Å²) in [5.74, 6) is -9.52. The van der Waals surface area contributed by atoms with E-state index in [-0.39, 0.29) is 114 Å². The molecule has 0 radical (unpaired) electrons. The molecule has 92 heavy (non-hydrogen) atoms. The van der Waals surface area contributed by atoms with Crippen LogP contribution in [0.25, 0.3) is 9.69 Å². The van der Waals surface area contributed by atoms with E-state index in [0.717, 1.165) is 70.5 Å². The molecule has 9 amide bonds. The van der Waals surface area contributed by atoms with Crippen molar-refractivity contribution in [1.29, 1.82) is 0 Å². The first-order valence-corrected chi connectivity index (χ1v) is 26.4. The van der Waals surface area contributed by atoms with E-state index >= 15 is 0 Å². The zero-order valence-corrected chi connectivity index (χ0v) is 49.5. The van der Waals surface area contributed by atoms with E-state index in [1.165, 1.54) is 67.7 Å². The summed E-state index contributed by atoms with van der Waals surface area (Å²) in [6, 6.07) is 5.05. The van der Waals surface area contributed by atoms with Crippen molar-refractivity contribution in [3.63, 3.8) is 0 Å². The van der Waals surface area contributed by atoms with Crippen LogP contribution in [-0.2, 0) is 42.8 Å². The lowest BCUT2D eigenvalue weighted by Crippen LogP contribution is -2.54. The monoisotopic (exact) mass is 1290 g/mol. The number of carbonyl (C=O) groups excluding carboxylic acids is 8. The number of hydrogen-bond donors (Lipinski definition) is 4. The highest BCUT2D eigenvalue weighted by Gasteiger charge is 2.46. The minimum absolute atomic E-state index is 0.000184. The number of amides is 9. The number of imide groups is 2. The number of urea groups is 4. The third-order valence-corrected chi connectivity index (χ3v) is 12.8. The fraction of sp³-hybridized carbons (Fsp3) is 0.293. The molecule has 3 aliphatic rings. The fourth-order valence-corrected chi connectivity index (χ4v) is 8.89. The van der Waals surface area contributed by atoms with Crippen LogP contribution in [0.1, 0.15) is 41.7 Å². The molecule has 0 bridgehead atoms. The summed E-state index contributed by atoms with van der Waals surface area (Å²) in [5.41, 5.74) is -0.574. The van der Waals surface area contributed by atoms with E-state index in [9.17, 15) is 74.8 Å². The van der Waals surface area contributed by atoms with Crippen molar-refractivity contribution in [1.82, 2.24) is 36.0 Å². The molecule has 486 valence electrons. The number of nitro benzene ring substituents is 1. The van der Waals surface area contributed by atoms with E-state index in [2.05, 4.69) is 35.9 Å². The molecule has 4 N–H and O–H groups in total. The molecule has 3 unspecified atom stereocenters. The zero-order valence-electron chi connectivity index (χ0n) is 49.5. The maximum Gasteiger partial charge on any atom is 0.424 e. The summed E-state index contributed by atoms with van der Waals surface area (Å²) in [6.07, 6.45) is -1.17. The van der Waals surface area contributed by atoms with Crippen LogP contribution in [0.2, 0.25) is 0 Å². The predicted molar refractivity (Wildman–Crippen MR) is 305 cm³/mol. The Labute approximate surface area is 518 Å². The molecule has 4 aromatic carbocycles. The van der Waals surface area contributed by atoms with E-state index in [4.69, 9.17) is 46.3 Å². The molecule has 0 aliphatic carbocycles. The van der Waals surface area contributed by atoms with Crippen molar-refractivity contribution in [2.75, 3.05) is 88.7 Å². The molecule has 0 saturated carbocycles. The Morgan fingerprint density at radius 2 is 1.00 bits per heavy atom. The number of benzene rings is 4. The third-order valence-electron chi connectivity index (χ3n) is 12.8. The number of ketones is 1. The number of esters is 2. The number of nitro groups is 1. The maximum absolute atomic E-state index is 14.3. The molecule has 0 spiro atoms. The second kappa shape index (κ2) is 33.4. The average molecular weight is 1290 g/mol. The summed E-state index contributed by atoms with van der Waals surface area (Å²) in [6.45, 7) is 13.5. The van der Waals surface area contributed by atoms with Gasteiger partial charge in [-0.15, -0.1) is 0 Å². The Bertz CT molecular complexity index is 3740. The quantitative estimate of drug-likeness (QED) is 0.0188. The van der Waals surface area contributed by atoms with Crippen LogP contribution in [0, 0.1) is 58.2 Å². The average Bonchev–Trinajstić information content (AvgIpc) is 0.812. The van der Waals surface area contributed by atoms with Gasteiger partial charge in [0.25, 0.3) is 5.69 Å². The van der Waals surface area contributed by atoms with Gasteiger partial charge in [0.1, 0.15) is 17.8 Å². The van der Waals surface area contributed by atoms with Crippen LogP contribution in [0.3, 0.4) is 0 Å². The maximum atomic E-state index is 14.3. The van der Waals surface area contributed by atoms with Crippen LogP contribution in [0.4, 0.5) is 56.0 Å². The first-order valence-electron chi connectivity index (χ1n) is 26.4. The van der Waals surface area contributed by atoms with Gasteiger partial charge in [-0.25, -0.2) is 87.7 Å². The molecule has 0 aromatic heterocycles.